The molecule has 0 radical (unpaired) electrons. The quantitative estimate of drug-likeness (QED) is 0.0815. The SMILES string of the molecule is C=C(C(=O)OC(OCCCCC(F)(F)C(F)(F)S)(C(=O)OCCC(F)(F)F)C(F)(F)F)C(F)(F)F. The van der Waals surface area contributed by atoms with Gasteiger partial charge in [0.25, 0.3) is 0 Å². The number of hydrogen-bond donors (Lipinski definition) is 1. The number of ether oxygens (including phenoxy) is 3. The summed E-state index contributed by atoms with van der Waals surface area (Å²) < 4.78 is 178. The van der Waals surface area contributed by atoms with Gasteiger partial charge < -0.3 is 14.2 Å². The molecule has 0 aliphatic carbocycles. The average molecular weight is 566 g/mol. The van der Waals surface area contributed by atoms with Crippen molar-refractivity contribution in [3.05, 3.63) is 12.2 Å². The molecule has 0 heterocycles. The summed E-state index contributed by atoms with van der Waals surface area (Å²) >= 11 is 2.34. The van der Waals surface area contributed by atoms with E-state index in [4.69, 9.17) is 0 Å². The molecule has 35 heavy (non-hydrogen) atoms. The highest BCUT2D eigenvalue weighted by molar-refractivity contribution is 7.81. The third-order valence-corrected chi connectivity index (χ3v) is 4.04. The van der Waals surface area contributed by atoms with Crippen LogP contribution in [0.5, 0.6) is 0 Å². The van der Waals surface area contributed by atoms with Crippen LogP contribution in [0.1, 0.15) is 25.7 Å². The van der Waals surface area contributed by atoms with Crippen LogP contribution < -0.4 is 0 Å². The van der Waals surface area contributed by atoms with Crippen molar-refractivity contribution in [2.45, 2.75) is 61.2 Å². The predicted octanol–water partition coefficient (Wildman–Crippen LogP) is 5.75. The lowest BCUT2D eigenvalue weighted by Gasteiger charge is -2.32. The second-order valence-electron chi connectivity index (χ2n) is 6.53. The maximum atomic E-state index is 13.6. The number of hydrogen-bond acceptors (Lipinski definition) is 6. The highest BCUT2D eigenvalue weighted by atomic mass is 32.1. The van der Waals surface area contributed by atoms with Crippen molar-refractivity contribution in [2.24, 2.45) is 0 Å². The number of unbranched alkanes of at least 4 members (excludes halogenated alkanes) is 1. The maximum Gasteiger partial charge on any atom is 0.468 e. The van der Waals surface area contributed by atoms with Crippen LogP contribution in [0, 0.1) is 0 Å². The second-order valence-corrected chi connectivity index (χ2v) is 7.09. The van der Waals surface area contributed by atoms with Crippen molar-refractivity contribution in [1.29, 1.82) is 0 Å². The van der Waals surface area contributed by atoms with Crippen LogP contribution in [0.4, 0.5) is 57.1 Å². The van der Waals surface area contributed by atoms with E-state index in [0.29, 0.717) is 0 Å². The molecule has 0 saturated carbocycles. The van der Waals surface area contributed by atoms with E-state index in [0.717, 1.165) is 0 Å². The zero-order chi connectivity index (χ0) is 28.1. The topological polar surface area (TPSA) is 61.8 Å². The Morgan fingerprint density at radius 1 is 0.771 bits per heavy atom. The Hall–Kier alpha value is -1.92. The Balaban J connectivity index is 5.79. The van der Waals surface area contributed by atoms with Crippen LogP contribution in [0.3, 0.4) is 0 Å². The molecule has 0 aromatic carbocycles. The normalized spacial score (nSPS) is 15.4. The minimum atomic E-state index is -6.29. The first-order valence-corrected chi connectivity index (χ1v) is 9.24. The van der Waals surface area contributed by atoms with E-state index < -0.39 is 91.9 Å². The van der Waals surface area contributed by atoms with Gasteiger partial charge in [-0.05, 0) is 12.8 Å². The van der Waals surface area contributed by atoms with E-state index in [1.807, 2.05) is 0 Å². The van der Waals surface area contributed by atoms with E-state index in [-0.39, 0.29) is 0 Å². The zero-order valence-electron chi connectivity index (χ0n) is 16.9. The summed E-state index contributed by atoms with van der Waals surface area (Å²) in [5, 5.41) is -4.83. The van der Waals surface area contributed by atoms with Crippen LogP contribution in [0.25, 0.3) is 0 Å². The molecule has 0 rings (SSSR count). The first-order chi connectivity index (χ1) is 15.4. The van der Waals surface area contributed by atoms with Gasteiger partial charge in [0.15, 0.2) is 0 Å². The molecule has 0 N–H and O–H groups in total. The minimum absolute atomic E-state index is 1.01. The molecule has 0 aliphatic heterocycles. The highest BCUT2D eigenvalue weighted by Gasteiger charge is 2.68. The fourth-order valence-corrected chi connectivity index (χ4v) is 1.97. The molecule has 1 unspecified atom stereocenters. The van der Waals surface area contributed by atoms with Gasteiger partial charge in [-0.3, -0.25) is 0 Å². The molecule has 0 spiro atoms. The van der Waals surface area contributed by atoms with E-state index in [1.54, 1.807) is 0 Å². The molecule has 19 heteroatoms. The molecule has 0 aromatic rings. The third-order valence-electron chi connectivity index (χ3n) is 3.72. The number of halogens is 13. The van der Waals surface area contributed by atoms with Crippen molar-refractivity contribution in [1.82, 2.24) is 0 Å². The lowest BCUT2D eigenvalue weighted by atomic mass is 10.1. The molecule has 0 amide bonds. The van der Waals surface area contributed by atoms with E-state index >= 15 is 0 Å². The second kappa shape index (κ2) is 11.4. The van der Waals surface area contributed by atoms with E-state index in [1.165, 1.54) is 0 Å². The Morgan fingerprint density at radius 3 is 1.69 bits per heavy atom. The van der Waals surface area contributed by atoms with Gasteiger partial charge in [-0.1, -0.05) is 19.2 Å². The number of rotatable bonds is 12. The summed E-state index contributed by atoms with van der Waals surface area (Å²) in [4.78, 5) is 23.4. The van der Waals surface area contributed by atoms with Gasteiger partial charge in [-0.15, -0.1) is 0 Å². The van der Waals surface area contributed by atoms with Gasteiger partial charge in [0.2, 0.25) is 0 Å². The molecular formula is C16H15F13O5S. The number of alkyl halides is 13. The lowest BCUT2D eigenvalue weighted by Crippen LogP contribution is -2.58. The van der Waals surface area contributed by atoms with Crippen molar-refractivity contribution < 1.29 is 80.9 Å². The van der Waals surface area contributed by atoms with Crippen LogP contribution >= 0.6 is 12.6 Å². The summed E-state index contributed by atoms with van der Waals surface area (Å²) in [5.41, 5.74) is -2.59. The zero-order valence-corrected chi connectivity index (χ0v) is 17.7. The smallest absolute Gasteiger partial charge is 0.460 e. The molecular weight excluding hydrogens is 551 g/mol. The van der Waals surface area contributed by atoms with Crippen molar-refractivity contribution >= 4 is 24.6 Å². The molecule has 0 bridgehead atoms. The van der Waals surface area contributed by atoms with Gasteiger partial charge in [-0.2, -0.15) is 57.1 Å². The van der Waals surface area contributed by atoms with Gasteiger partial charge >= 0.3 is 47.4 Å². The fraction of sp³-hybridized carbons (Fsp3) is 0.750. The number of carbonyl (C=O) groups is 2. The number of carbonyl (C=O) groups excluding carboxylic acids is 2. The Labute approximate surface area is 192 Å². The third kappa shape index (κ3) is 9.92. The summed E-state index contributed by atoms with van der Waals surface area (Å²) in [6.07, 6.45) is -22.8. The fourth-order valence-electron chi connectivity index (χ4n) is 1.86. The predicted molar refractivity (Wildman–Crippen MR) is 90.4 cm³/mol. The lowest BCUT2D eigenvalue weighted by molar-refractivity contribution is -0.355. The standard InChI is InChI=1S/C16H15F13O5S/c1-8(14(22,23)24)9(30)34-13(15(25,26)27,10(31)32-7-5-12(19,20)21)33-6-3-2-4-11(17,18)16(28,29)35/h35H,1-7H2. The maximum absolute atomic E-state index is 13.6. The first-order valence-electron chi connectivity index (χ1n) is 8.79. The van der Waals surface area contributed by atoms with Crippen molar-refractivity contribution in [3.63, 3.8) is 0 Å². The van der Waals surface area contributed by atoms with Crippen LogP contribution in [0.2, 0.25) is 0 Å². The molecule has 206 valence electrons. The molecule has 5 nitrogen and oxygen atoms in total. The largest absolute Gasteiger partial charge is 0.468 e. The van der Waals surface area contributed by atoms with Gasteiger partial charge in [0, 0.05) is 6.42 Å². The van der Waals surface area contributed by atoms with Crippen molar-refractivity contribution in [3.8, 4) is 0 Å². The molecule has 0 saturated heterocycles. The monoisotopic (exact) mass is 566 g/mol. The van der Waals surface area contributed by atoms with Gasteiger partial charge in [0.05, 0.1) is 13.0 Å². The average Bonchev–Trinajstić information content (AvgIpc) is 2.62. The van der Waals surface area contributed by atoms with E-state index in [2.05, 4.69) is 33.4 Å². The minimum Gasteiger partial charge on any atom is -0.460 e. The summed E-state index contributed by atoms with van der Waals surface area (Å²) in [6, 6.07) is 0. The molecule has 0 fully saturated rings. The van der Waals surface area contributed by atoms with Crippen LogP contribution in [-0.4, -0.2) is 60.6 Å². The van der Waals surface area contributed by atoms with Crippen LogP contribution in [-0.2, 0) is 23.8 Å². The molecule has 1 atom stereocenters. The van der Waals surface area contributed by atoms with E-state index in [9.17, 15) is 66.7 Å². The number of thiol groups is 1. The number of esters is 2. The summed E-state index contributed by atoms with van der Waals surface area (Å²) in [6.45, 7) is -1.24. The Morgan fingerprint density at radius 2 is 1.29 bits per heavy atom. The van der Waals surface area contributed by atoms with Gasteiger partial charge in [-0.25, -0.2) is 9.59 Å². The van der Waals surface area contributed by atoms with Crippen LogP contribution in [0.15, 0.2) is 12.2 Å². The Kier molecular flexibility index (Phi) is 10.8. The Bertz CT molecular complexity index is 755. The molecule has 0 aliphatic rings. The first kappa shape index (κ1) is 33.1. The van der Waals surface area contributed by atoms with Crippen molar-refractivity contribution in [2.75, 3.05) is 13.2 Å². The van der Waals surface area contributed by atoms with Gasteiger partial charge in [0.1, 0.15) is 12.2 Å². The molecule has 0 aromatic heterocycles. The highest BCUT2D eigenvalue weighted by Crippen LogP contribution is 2.41. The summed E-state index contributed by atoms with van der Waals surface area (Å²) in [5.74, 6) is -15.7. The summed E-state index contributed by atoms with van der Waals surface area (Å²) in [7, 11) is 0.